The maximum absolute atomic E-state index is 11.4. The lowest BCUT2D eigenvalue weighted by atomic mass is 9.76. The molecule has 0 saturated carbocycles. The van der Waals surface area contributed by atoms with Crippen molar-refractivity contribution in [3.63, 3.8) is 0 Å². The Morgan fingerprint density at radius 1 is 1.53 bits per heavy atom. The molecule has 1 unspecified atom stereocenters. The first-order chi connectivity index (χ1) is 8.83. The Balaban J connectivity index is 2.37. The van der Waals surface area contributed by atoms with Crippen molar-refractivity contribution in [1.29, 1.82) is 0 Å². The smallest absolute Gasteiger partial charge is 0.310 e. The predicted molar refractivity (Wildman–Crippen MR) is 73.3 cm³/mol. The van der Waals surface area contributed by atoms with Crippen molar-refractivity contribution < 1.29 is 14.3 Å². The highest BCUT2D eigenvalue weighted by Gasteiger charge is 2.38. The van der Waals surface area contributed by atoms with E-state index >= 15 is 0 Å². The third-order valence-electron chi connectivity index (χ3n) is 3.68. The molecule has 1 N–H and O–H groups in total. The minimum absolute atomic E-state index is 0.0244. The molecule has 0 radical (unpaired) electrons. The largest absolute Gasteiger partial charge is 0.481 e. The molecule has 19 heavy (non-hydrogen) atoms. The first-order valence-corrected chi connectivity index (χ1v) is 6.49. The van der Waals surface area contributed by atoms with Gasteiger partial charge in [-0.2, -0.15) is 0 Å². The number of hydrogen-bond acceptors (Lipinski definition) is 3. The van der Waals surface area contributed by atoms with E-state index in [0.29, 0.717) is 22.0 Å². The third kappa shape index (κ3) is 2.59. The van der Waals surface area contributed by atoms with Crippen LogP contribution in [0.3, 0.4) is 0 Å². The van der Waals surface area contributed by atoms with Gasteiger partial charge in [0.05, 0.1) is 5.41 Å². The average molecular weight is 282 g/mol. The molecule has 1 atom stereocenters. The number of carboxylic acids is 1. The Morgan fingerprint density at radius 3 is 2.79 bits per heavy atom. The molecular weight excluding hydrogens is 266 g/mol. The van der Waals surface area contributed by atoms with Gasteiger partial charge >= 0.3 is 5.97 Å². The minimum Gasteiger partial charge on any atom is -0.481 e. The lowest BCUT2D eigenvalue weighted by Gasteiger charge is -2.27. The molecular formula is C14H16ClNO3. The Kier molecular flexibility index (Phi) is 3.54. The van der Waals surface area contributed by atoms with Gasteiger partial charge in [-0.15, -0.1) is 0 Å². The fourth-order valence-electron chi connectivity index (χ4n) is 1.86. The van der Waals surface area contributed by atoms with Crippen molar-refractivity contribution in [2.75, 3.05) is 0 Å². The number of carboxylic acid groups (broad SMARTS) is 1. The van der Waals surface area contributed by atoms with Crippen LogP contribution in [0.15, 0.2) is 22.6 Å². The molecule has 0 saturated heterocycles. The van der Waals surface area contributed by atoms with Gasteiger partial charge in [-0.3, -0.25) is 4.79 Å². The first-order valence-electron chi connectivity index (χ1n) is 6.11. The van der Waals surface area contributed by atoms with E-state index in [-0.39, 0.29) is 12.3 Å². The van der Waals surface area contributed by atoms with E-state index in [1.807, 2.05) is 13.8 Å². The molecule has 2 aromatic rings. The maximum atomic E-state index is 11.4. The number of oxazole rings is 1. The average Bonchev–Trinajstić information content (AvgIpc) is 2.69. The Hall–Kier alpha value is -1.55. The van der Waals surface area contributed by atoms with Gasteiger partial charge in [-0.1, -0.05) is 25.4 Å². The number of aliphatic carboxylic acids is 1. The van der Waals surface area contributed by atoms with Gasteiger partial charge in [-0.05, 0) is 25.0 Å². The Morgan fingerprint density at radius 2 is 2.21 bits per heavy atom. The lowest BCUT2D eigenvalue weighted by Crippen LogP contribution is -2.35. The van der Waals surface area contributed by atoms with Crippen molar-refractivity contribution in [2.24, 2.45) is 11.3 Å². The second-order valence-corrected chi connectivity index (χ2v) is 5.71. The fraction of sp³-hybridized carbons (Fsp3) is 0.429. The topological polar surface area (TPSA) is 63.3 Å². The summed E-state index contributed by atoms with van der Waals surface area (Å²) in [6.07, 6.45) is 0.256. The number of carbonyl (C=O) groups is 1. The van der Waals surface area contributed by atoms with Gasteiger partial charge in [-0.25, -0.2) is 4.98 Å². The molecule has 0 aliphatic rings. The van der Waals surface area contributed by atoms with Gasteiger partial charge in [0.1, 0.15) is 5.52 Å². The third-order valence-corrected chi connectivity index (χ3v) is 3.91. The monoisotopic (exact) mass is 281 g/mol. The summed E-state index contributed by atoms with van der Waals surface area (Å²) in [7, 11) is 0. The zero-order chi connectivity index (χ0) is 14.2. The van der Waals surface area contributed by atoms with E-state index in [2.05, 4.69) is 4.98 Å². The number of hydrogen-bond donors (Lipinski definition) is 1. The number of halogens is 1. The molecule has 4 nitrogen and oxygen atoms in total. The number of benzene rings is 1. The van der Waals surface area contributed by atoms with Crippen LogP contribution in [0.4, 0.5) is 0 Å². The summed E-state index contributed by atoms with van der Waals surface area (Å²) in [5.41, 5.74) is 0.375. The molecule has 1 heterocycles. The van der Waals surface area contributed by atoms with Crippen molar-refractivity contribution in [3.05, 3.63) is 29.1 Å². The van der Waals surface area contributed by atoms with Crippen LogP contribution >= 0.6 is 11.6 Å². The predicted octanol–water partition coefficient (Wildman–Crippen LogP) is 3.77. The van der Waals surface area contributed by atoms with Crippen LogP contribution in [0.5, 0.6) is 0 Å². The van der Waals surface area contributed by atoms with E-state index in [1.165, 1.54) is 0 Å². The van der Waals surface area contributed by atoms with E-state index in [9.17, 15) is 9.90 Å². The van der Waals surface area contributed by atoms with Crippen molar-refractivity contribution >= 4 is 28.7 Å². The van der Waals surface area contributed by atoms with Gasteiger partial charge in [0.25, 0.3) is 0 Å². The normalized spacial score (nSPS) is 14.8. The highest BCUT2D eigenvalue weighted by molar-refractivity contribution is 6.31. The van der Waals surface area contributed by atoms with Gasteiger partial charge in [0.15, 0.2) is 11.5 Å². The molecule has 0 aliphatic carbocycles. The van der Waals surface area contributed by atoms with Crippen LogP contribution in [0, 0.1) is 11.3 Å². The van der Waals surface area contributed by atoms with E-state index < -0.39 is 11.4 Å². The van der Waals surface area contributed by atoms with Crippen molar-refractivity contribution in [3.8, 4) is 0 Å². The quantitative estimate of drug-likeness (QED) is 0.926. The van der Waals surface area contributed by atoms with Crippen LogP contribution in [0.2, 0.25) is 5.02 Å². The van der Waals surface area contributed by atoms with Gasteiger partial charge in [0.2, 0.25) is 0 Å². The summed E-state index contributed by atoms with van der Waals surface area (Å²) < 4.78 is 5.59. The number of fused-ring (bicyclic) bond motifs is 1. The summed E-state index contributed by atoms with van der Waals surface area (Å²) in [6.45, 7) is 5.48. The van der Waals surface area contributed by atoms with Gasteiger partial charge in [0, 0.05) is 17.5 Å². The lowest BCUT2D eigenvalue weighted by molar-refractivity contribution is -0.150. The van der Waals surface area contributed by atoms with Crippen molar-refractivity contribution in [1.82, 2.24) is 4.98 Å². The summed E-state index contributed by atoms with van der Waals surface area (Å²) in [4.78, 5) is 15.8. The molecule has 0 spiro atoms. The van der Waals surface area contributed by atoms with Crippen LogP contribution in [-0.2, 0) is 11.2 Å². The molecule has 0 amide bonds. The second-order valence-electron chi connectivity index (χ2n) is 5.27. The summed E-state index contributed by atoms with van der Waals surface area (Å²) in [5, 5.41) is 9.96. The summed E-state index contributed by atoms with van der Waals surface area (Å²) in [5.74, 6) is -0.442. The Labute approximate surface area is 116 Å². The molecule has 1 aromatic heterocycles. The molecule has 102 valence electrons. The molecule has 1 aromatic carbocycles. The Bertz CT molecular complexity index is 620. The summed E-state index contributed by atoms with van der Waals surface area (Å²) >= 11 is 5.88. The molecule has 5 heteroatoms. The zero-order valence-electron chi connectivity index (χ0n) is 11.1. The van der Waals surface area contributed by atoms with Gasteiger partial charge < -0.3 is 9.52 Å². The van der Waals surface area contributed by atoms with Crippen LogP contribution in [-0.4, -0.2) is 16.1 Å². The van der Waals surface area contributed by atoms with E-state index in [0.717, 1.165) is 0 Å². The molecule has 0 bridgehead atoms. The molecule has 0 fully saturated rings. The second kappa shape index (κ2) is 4.85. The summed E-state index contributed by atoms with van der Waals surface area (Å²) in [6, 6.07) is 5.17. The molecule has 0 aliphatic heterocycles. The fourth-order valence-corrected chi connectivity index (χ4v) is 2.02. The molecule has 2 rings (SSSR count). The van der Waals surface area contributed by atoms with Crippen LogP contribution < -0.4 is 0 Å². The first kappa shape index (κ1) is 13.9. The SMILES string of the molecule is CC(C)C(C)(Cc1nc2ccc(Cl)cc2o1)C(=O)O. The number of nitrogens with zero attached hydrogens (tertiary/aromatic N) is 1. The number of rotatable bonds is 4. The number of aromatic nitrogens is 1. The van der Waals surface area contributed by atoms with E-state index in [4.69, 9.17) is 16.0 Å². The zero-order valence-corrected chi connectivity index (χ0v) is 11.9. The maximum Gasteiger partial charge on any atom is 0.310 e. The highest BCUT2D eigenvalue weighted by Crippen LogP contribution is 2.32. The van der Waals surface area contributed by atoms with Crippen molar-refractivity contribution in [2.45, 2.75) is 27.2 Å². The van der Waals surface area contributed by atoms with Crippen LogP contribution in [0.1, 0.15) is 26.7 Å². The van der Waals surface area contributed by atoms with E-state index in [1.54, 1.807) is 25.1 Å². The van der Waals surface area contributed by atoms with Crippen LogP contribution in [0.25, 0.3) is 11.1 Å². The minimum atomic E-state index is -0.898. The standard InChI is InChI=1S/C14H16ClNO3/c1-8(2)14(3,13(17)18)7-12-16-10-5-4-9(15)6-11(10)19-12/h4-6,8H,7H2,1-3H3,(H,17,18). The highest BCUT2D eigenvalue weighted by atomic mass is 35.5.